The number of phosphoric acid groups is 2. The summed E-state index contributed by atoms with van der Waals surface area (Å²) in [7, 11) is -10.8. The minimum absolute atomic E-state index is 0. The topological polar surface area (TPSA) is 172 Å². The van der Waals surface area contributed by atoms with E-state index in [0.29, 0.717) is 0 Å². The molecular formula is O8P2Zn-6. The molecule has 0 aromatic heterocycles. The first-order chi connectivity index (χ1) is 4.00. The van der Waals surface area contributed by atoms with Crippen LogP contribution >= 0.6 is 15.6 Å². The first kappa shape index (κ1) is 17.8. The Hall–Kier alpha value is 0.843. The second-order valence-electron chi connectivity index (χ2n) is 0.894. The fourth-order valence-corrected chi connectivity index (χ4v) is 0. The van der Waals surface area contributed by atoms with Crippen LogP contribution in [0, 0.1) is 0 Å². The molecule has 66 valence electrons. The van der Waals surface area contributed by atoms with Gasteiger partial charge in [0.05, 0.1) is 0 Å². The molecule has 11 heteroatoms. The summed E-state index contributed by atoms with van der Waals surface area (Å²) < 4.78 is 17.1. The third-order valence-corrected chi connectivity index (χ3v) is 0. The van der Waals surface area contributed by atoms with Crippen molar-refractivity contribution < 1.29 is 58.0 Å². The maximum Gasteiger partial charge on any atom is 0 e. The standard InChI is InChI=1S/2H3O4P.Zn/c2*1-5(2,3)4;/h2*(H3,1,2,3,4);/p-6. The minimum Gasteiger partial charge on any atom is -0.822 e. The van der Waals surface area contributed by atoms with Crippen molar-refractivity contribution in [1.82, 2.24) is 0 Å². The van der Waals surface area contributed by atoms with Crippen molar-refractivity contribution in [3.8, 4) is 0 Å². The fraction of sp³-hybridized carbons (Fsp3) is 0. The average molecular weight is 255 g/mol. The Morgan fingerprint density at radius 2 is 0.636 bits per heavy atom. The van der Waals surface area contributed by atoms with E-state index in [1.54, 1.807) is 0 Å². The van der Waals surface area contributed by atoms with Gasteiger partial charge < -0.3 is 38.5 Å². The van der Waals surface area contributed by atoms with Crippen molar-refractivity contribution in [2.75, 3.05) is 0 Å². The molecule has 0 saturated carbocycles. The first-order valence-corrected chi connectivity index (χ1v) is 4.38. The van der Waals surface area contributed by atoms with Crippen molar-refractivity contribution in [3.05, 3.63) is 0 Å². The Kier molecular flexibility index (Phi) is 10.3. The van der Waals surface area contributed by atoms with Gasteiger partial charge in [0.2, 0.25) is 0 Å². The zero-order valence-corrected chi connectivity index (χ0v) is 9.62. The molecule has 0 aromatic rings. The molecule has 0 heterocycles. The van der Waals surface area contributed by atoms with E-state index < -0.39 is 15.6 Å². The third kappa shape index (κ3) is 1190. The molecule has 0 rings (SSSR count). The van der Waals surface area contributed by atoms with E-state index in [4.69, 9.17) is 38.5 Å². The summed E-state index contributed by atoms with van der Waals surface area (Å²) in [6, 6.07) is 0. The average Bonchev–Trinajstić information content (AvgIpc) is 1.12. The quantitative estimate of drug-likeness (QED) is 0.304. The maximum absolute atomic E-state index is 8.55. The summed E-state index contributed by atoms with van der Waals surface area (Å²) in [5, 5.41) is 0. The van der Waals surface area contributed by atoms with Gasteiger partial charge in [-0.15, -0.1) is 0 Å². The Morgan fingerprint density at radius 3 is 0.636 bits per heavy atom. The zero-order valence-electron chi connectivity index (χ0n) is 4.87. The Labute approximate surface area is 74.1 Å². The Balaban J connectivity index is -0.000000107. The van der Waals surface area contributed by atoms with Gasteiger partial charge in [0.15, 0.2) is 0 Å². The van der Waals surface area contributed by atoms with Gasteiger partial charge in [0.25, 0.3) is 0 Å². The van der Waals surface area contributed by atoms with Gasteiger partial charge in [0.1, 0.15) is 0 Å². The molecule has 0 fully saturated rings. The summed E-state index contributed by atoms with van der Waals surface area (Å²) in [6.07, 6.45) is 0. The van der Waals surface area contributed by atoms with E-state index in [1.807, 2.05) is 0 Å². The maximum atomic E-state index is 8.55. The van der Waals surface area contributed by atoms with Crippen molar-refractivity contribution in [1.29, 1.82) is 0 Å². The predicted octanol–water partition coefficient (Wildman–Crippen LogP) is -5.65. The molecular weight excluding hydrogens is 255 g/mol. The Bertz CT molecular complexity index is 124. The van der Waals surface area contributed by atoms with Crippen LogP contribution in [0.2, 0.25) is 0 Å². The van der Waals surface area contributed by atoms with Gasteiger partial charge in [-0.1, -0.05) is 0 Å². The summed E-state index contributed by atoms with van der Waals surface area (Å²) in [5.74, 6) is 0. The van der Waals surface area contributed by atoms with Gasteiger partial charge >= 0.3 is 0 Å². The number of hydrogen-bond acceptors (Lipinski definition) is 8. The summed E-state index contributed by atoms with van der Waals surface area (Å²) in [4.78, 5) is 51.3. The van der Waals surface area contributed by atoms with Crippen LogP contribution in [0.3, 0.4) is 0 Å². The van der Waals surface area contributed by atoms with Gasteiger partial charge in [-0.25, -0.2) is 0 Å². The van der Waals surface area contributed by atoms with Crippen LogP contribution in [0.5, 0.6) is 0 Å². The zero-order chi connectivity index (χ0) is 9.00. The summed E-state index contributed by atoms with van der Waals surface area (Å²) in [5.41, 5.74) is 0. The number of hydrogen-bond donors (Lipinski definition) is 0. The first-order valence-electron chi connectivity index (χ1n) is 1.46. The van der Waals surface area contributed by atoms with Gasteiger partial charge in [-0.05, 0) is 0 Å². The van der Waals surface area contributed by atoms with Crippen molar-refractivity contribution in [2.45, 2.75) is 0 Å². The van der Waals surface area contributed by atoms with Crippen molar-refractivity contribution in [2.24, 2.45) is 0 Å². The summed E-state index contributed by atoms with van der Waals surface area (Å²) in [6.45, 7) is 0. The molecule has 11 heavy (non-hydrogen) atoms. The molecule has 0 N–H and O–H groups in total. The van der Waals surface area contributed by atoms with Gasteiger partial charge in [0, 0.05) is 19.5 Å². The van der Waals surface area contributed by atoms with Crippen LogP contribution in [-0.4, -0.2) is 0 Å². The third-order valence-electron chi connectivity index (χ3n) is 0. The van der Waals surface area contributed by atoms with E-state index in [9.17, 15) is 0 Å². The molecule has 8 nitrogen and oxygen atoms in total. The molecule has 0 aliphatic carbocycles. The second kappa shape index (κ2) is 6.37. The molecule has 0 aliphatic rings. The van der Waals surface area contributed by atoms with Crippen LogP contribution < -0.4 is 29.4 Å². The van der Waals surface area contributed by atoms with Gasteiger partial charge in [-0.2, -0.15) is 15.6 Å². The Morgan fingerprint density at radius 1 is 0.636 bits per heavy atom. The largest absolute Gasteiger partial charge is 0.822 e. The molecule has 0 radical (unpaired) electrons. The smallest absolute Gasteiger partial charge is 0 e. The van der Waals surface area contributed by atoms with Crippen LogP contribution in [0.4, 0.5) is 0 Å². The van der Waals surface area contributed by atoms with E-state index in [0.717, 1.165) is 0 Å². The van der Waals surface area contributed by atoms with Gasteiger partial charge in [-0.3, -0.25) is 0 Å². The minimum atomic E-state index is -5.39. The van der Waals surface area contributed by atoms with E-state index in [-0.39, 0.29) is 19.5 Å². The van der Waals surface area contributed by atoms with E-state index in [1.165, 1.54) is 0 Å². The molecule has 0 aromatic carbocycles. The molecule has 0 saturated heterocycles. The van der Waals surface area contributed by atoms with Crippen LogP contribution in [0.1, 0.15) is 0 Å². The van der Waals surface area contributed by atoms with Crippen LogP contribution in [-0.2, 0) is 28.6 Å². The normalized spacial score (nSPS) is 10.7. The molecule has 0 amide bonds. The molecule has 0 spiro atoms. The molecule has 0 unspecified atom stereocenters. The van der Waals surface area contributed by atoms with Crippen LogP contribution in [0.25, 0.3) is 0 Å². The van der Waals surface area contributed by atoms with Crippen molar-refractivity contribution in [3.63, 3.8) is 0 Å². The molecule has 0 bridgehead atoms. The summed E-state index contributed by atoms with van der Waals surface area (Å²) >= 11 is 0. The van der Waals surface area contributed by atoms with Crippen LogP contribution in [0.15, 0.2) is 0 Å². The van der Waals surface area contributed by atoms with Crippen molar-refractivity contribution >= 4 is 15.6 Å². The fourth-order valence-electron chi connectivity index (χ4n) is 0. The second-order valence-corrected chi connectivity index (χ2v) is 2.68. The van der Waals surface area contributed by atoms with E-state index >= 15 is 0 Å². The SMILES string of the molecule is O=P([O-])([O-])[O-].O=P([O-])([O-])[O-].[Zn]. The predicted molar refractivity (Wildman–Crippen MR) is 15.2 cm³/mol. The van der Waals surface area contributed by atoms with E-state index in [2.05, 4.69) is 0 Å². The molecule has 0 atom stereocenters. The number of rotatable bonds is 0. The molecule has 0 aliphatic heterocycles. The monoisotopic (exact) mass is 254 g/mol.